The third kappa shape index (κ3) is 6.13. The quantitative estimate of drug-likeness (QED) is 0.615. The predicted octanol–water partition coefficient (Wildman–Crippen LogP) is 5.42. The Labute approximate surface area is 188 Å². The molecule has 0 atom stereocenters. The van der Waals surface area contributed by atoms with Crippen LogP contribution in [0.1, 0.15) is 44.9 Å². The summed E-state index contributed by atoms with van der Waals surface area (Å²) in [6, 6.07) is 12.5. The summed E-state index contributed by atoms with van der Waals surface area (Å²) in [5, 5.41) is 3.86. The molecule has 0 aliphatic heterocycles. The topological polar surface area (TPSA) is 66.5 Å². The number of hydrogen-bond donors (Lipinski definition) is 1. The molecule has 2 aromatic rings. The lowest BCUT2D eigenvalue weighted by molar-refractivity contribution is -0.120. The molecule has 2 aromatic carbocycles. The summed E-state index contributed by atoms with van der Waals surface area (Å²) >= 11 is 12.0. The molecule has 0 aromatic heterocycles. The maximum absolute atomic E-state index is 13.3. The first-order chi connectivity index (χ1) is 14.4. The number of nitrogens with one attached hydrogen (secondary N) is 1. The van der Waals surface area contributed by atoms with Crippen LogP contribution >= 0.6 is 23.2 Å². The van der Waals surface area contributed by atoms with Gasteiger partial charge < -0.3 is 5.32 Å². The minimum Gasteiger partial charge on any atom is -0.352 e. The normalized spacial score (nSPS) is 15.8. The van der Waals surface area contributed by atoms with Crippen LogP contribution < -0.4 is 9.62 Å². The lowest BCUT2D eigenvalue weighted by atomic mass is 9.97. The Morgan fingerprint density at radius 1 is 0.933 bits per heavy atom. The number of benzene rings is 2. The molecule has 0 saturated heterocycles. The second-order valence-electron chi connectivity index (χ2n) is 7.56. The predicted molar refractivity (Wildman–Crippen MR) is 122 cm³/mol. The van der Waals surface area contributed by atoms with E-state index in [1.807, 2.05) is 0 Å². The average Bonchev–Trinajstić information content (AvgIpc) is 2.68. The van der Waals surface area contributed by atoms with Crippen molar-refractivity contribution in [3.05, 3.63) is 58.6 Å². The molecular weight excluding hydrogens is 443 g/mol. The van der Waals surface area contributed by atoms with Crippen molar-refractivity contribution in [3.8, 4) is 0 Å². The second kappa shape index (κ2) is 10.5. The molecule has 3 rings (SSSR count). The van der Waals surface area contributed by atoms with Crippen molar-refractivity contribution in [1.29, 1.82) is 0 Å². The number of carbonyl (C=O) groups is 1. The molecule has 1 N–H and O–H groups in total. The van der Waals surface area contributed by atoms with Crippen LogP contribution in [0.2, 0.25) is 10.0 Å². The molecule has 1 saturated carbocycles. The van der Waals surface area contributed by atoms with Gasteiger partial charge in [0.2, 0.25) is 5.91 Å². The van der Waals surface area contributed by atoms with E-state index in [1.165, 1.54) is 49.6 Å². The number of amides is 1. The maximum Gasteiger partial charge on any atom is 0.264 e. The van der Waals surface area contributed by atoms with Crippen molar-refractivity contribution >= 4 is 44.8 Å². The number of halogens is 2. The number of sulfonamides is 1. The highest BCUT2D eigenvalue weighted by Crippen LogP contribution is 2.27. The summed E-state index contributed by atoms with van der Waals surface area (Å²) in [6.45, 7) is -0.318. The molecular formula is C22H26Cl2N2O3S. The molecule has 1 amide bonds. The van der Waals surface area contributed by atoms with E-state index in [1.54, 1.807) is 18.2 Å². The third-order valence-corrected chi connectivity index (χ3v) is 7.53. The number of carbonyl (C=O) groups excluding carboxylic acids is 1. The van der Waals surface area contributed by atoms with E-state index < -0.39 is 10.0 Å². The first-order valence-corrected chi connectivity index (χ1v) is 12.4. The van der Waals surface area contributed by atoms with Gasteiger partial charge in [0.25, 0.3) is 10.0 Å². The van der Waals surface area contributed by atoms with E-state index in [4.69, 9.17) is 23.2 Å². The third-order valence-electron chi connectivity index (χ3n) is 5.26. The van der Waals surface area contributed by atoms with Crippen LogP contribution in [0.4, 0.5) is 5.69 Å². The Balaban J connectivity index is 1.84. The minimum absolute atomic E-state index is 0.0608. The molecule has 0 unspecified atom stereocenters. The van der Waals surface area contributed by atoms with Crippen molar-refractivity contribution < 1.29 is 13.2 Å². The zero-order valence-electron chi connectivity index (χ0n) is 16.7. The van der Waals surface area contributed by atoms with E-state index in [0.717, 1.165) is 30.0 Å². The van der Waals surface area contributed by atoms with E-state index >= 15 is 0 Å². The number of nitrogens with zero attached hydrogens (tertiary/aromatic N) is 1. The van der Waals surface area contributed by atoms with Gasteiger partial charge in [0.15, 0.2) is 0 Å². The van der Waals surface area contributed by atoms with E-state index in [9.17, 15) is 13.2 Å². The lowest BCUT2D eigenvalue weighted by Gasteiger charge is -2.26. The van der Waals surface area contributed by atoms with Crippen LogP contribution in [-0.2, 0) is 14.8 Å². The fraction of sp³-hybridized carbons (Fsp3) is 0.409. The van der Waals surface area contributed by atoms with Gasteiger partial charge in [-0.05, 0) is 55.3 Å². The van der Waals surface area contributed by atoms with Crippen LogP contribution in [0, 0.1) is 0 Å². The van der Waals surface area contributed by atoms with Crippen molar-refractivity contribution in [2.45, 2.75) is 55.9 Å². The second-order valence-corrected chi connectivity index (χ2v) is 10.3. The van der Waals surface area contributed by atoms with Gasteiger partial charge in [0.1, 0.15) is 6.54 Å². The molecule has 5 nitrogen and oxygen atoms in total. The van der Waals surface area contributed by atoms with Gasteiger partial charge in [-0.15, -0.1) is 0 Å². The van der Waals surface area contributed by atoms with Gasteiger partial charge in [0, 0.05) is 16.1 Å². The maximum atomic E-state index is 13.3. The highest BCUT2D eigenvalue weighted by Gasteiger charge is 2.28. The molecule has 30 heavy (non-hydrogen) atoms. The summed E-state index contributed by atoms with van der Waals surface area (Å²) in [5.74, 6) is -0.321. The molecule has 162 valence electrons. The Bertz CT molecular complexity index is 957. The highest BCUT2D eigenvalue weighted by atomic mass is 35.5. The van der Waals surface area contributed by atoms with Gasteiger partial charge in [-0.2, -0.15) is 0 Å². The Morgan fingerprint density at radius 3 is 2.20 bits per heavy atom. The summed E-state index contributed by atoms with van der Waals surface area (Å²) in [6.07, 6.45) is 7.58. The monoisotopic (exact) mass is 468 g/mol. The van der Waals surface area contributed by atoms with Crippen molar-refractivity contribution in [2.24, 2.45) is 0 Å². The zero-order chi connectivity index (χ0) is 21.6. The zero-order valence-corrected chi connectivity index (χ0v) is 19.0. The van der Waals surface area contributed by atoms with Gasteiger partial charge in [0.05, 0.1) is 10.6 Å². The molecule has 0 heterocycles. The first-order valence-electron chi connectivity index (χ1n) is 10.2. The Kier molecular flexibility index (Phi) is 8.03. The average molecular weight is 469 g/mol. The largest absolute Gasteiger partial charge is 0.352 e. The molecule has 0 radical (unpaired) electrons. The van der Waals surface area contributed by atoms with Crippen LogP contribution in [-0.4, -0.2) is 26.9 Å². The van der Waals surface area contributed by atoms with Gasteiger partial charge in [-0.3, -0.25) is 9.10 Å². The number of anilines is 1. The van der Waals surface area contributed by atoms with Gasteiger partial charge in [-0.1, -0.05) is 61.4 Å². The summed E-state index contributed by atoms with van der Waals surface area (Å²) in [7, 11) is -3.98. The minimum atomic E-state index is -3.98. The van der Waals surface area contributed by atoms with E-state index in [2.05, 4.69) is 5.32 Å². The summed E-state index contributed by atoms with van der Waals surface area (Å²) in [5.41, 5.74) is 0.338. The van der Waals surface area contributed by atoms with Crippen LogP contribution in [0.3, 0.4) is 0 Å². The Morgan fingerprint density at radius 2 is 1.57 bits per heavy atom. The summed E-state index contributed by atoms with van der Waals surface area (Å²) in [4.78, 5) is 12.9. The molecule has 1 fully saturated rings. The van der Waals surface area contributed by atoms with Crippen molar-refractivity contribution in [1.82, 2.24) is 5.32 Å². The van der Waals surface area contributed by atoms with Crippen molar-refractivity contribution in [2.75, 3.05) is 10.8 Å². The fourth-order valence-corrected chi connectivity index (χ4v) is 5.41. The van der Waals surface area contributed by atoms with Crippen LogP contribution in [0.15, 0.2) is 53.4 Å². The van der Waals surface area contributed by atoms with E-state index in [0.29, 0.717) is 15.7 Å². The molecule has 8 heteroatoms. The lowest BCUT2D eigenvalue weighted by Crippen LogP contribution is -2.44. The number of rotatable bonds is 6. The van der Waals surface area contributed by atoms with Gasteiger partial charge in [-0.25, -0.2) is 8.42 Å². The highest BCUT2D eigenvalue weighted by molar-refractivity contribution is 7.92. The smallest absolute Gasteiger partial charge is 0.264 e. The molecule has 1 aliphatic rings. The van der Waals surface area contributed by atoms with Crippen LogP contribution in [0.5, 0.6) is 0 Å². The fourth-order valence-electron chi connectivity index (χ4n) is 3.68. The first kappa shape index (κ1) is 22.9. The summed E-state index contributed by atoms with van der Waals surface area (Å²) < 4.78 is 27.8. The van der Waals surface area contributed by atoms with Crippen molar-refractivity contribution in [3.63, 3.8) is 0 Å². The van der Waals surface area contributed by atoms with Gasteiger partial charge >= 0.3 is 0 Å². The van der Waals surface area contributed by atoms with E-state index in [-0.39, 0.29) is 23.4 Å². The molecule has 0 spiro atoms. The molecule has 1 aliphatic carbocycles. The van der Waals surface area contributed by atoms with Crippen LogP contribution in [0.25, 0.3) is 0 Å². The number of hydrogen-bond acceptors (Lipinski definition) is 3. The standard InChI is InChI=1S/C22H26Cl2N2O3S/c23-17-11-13-21(14-12-17)30(28,29)26(20-10-6-7-18(24)15-20)16-22(27)25-19-8-4-2-1-3-5-9-19/h6-7,10-15,19H,1-5,8-9,16H2,(H,25,27). The molecule has 0 bridgehead atoms. The Hall–Kier alpha value is -1.76. The SMILES string of the molecule is O=C(CN(c1cccc(Cl)c1)S(=O)(=O)c1ccc(Cl)cc1)NC1CCCCCCC1.